The number of hydrogen-bond acceptors (Lipinski definition) is 1. The van der Waals surface area contributed by atoms with Crippen LogP contribution in [0.4, 0.5) is 0 Å². The van der Waals surface area contributed by atoms with E-state index < -0.39 is 0 Å². The summed E-state index contributed by atoms with van der Waals surface area (Å²) < 4.78 is 0. The van der Waals surface area contributed by atoms with Crippen molar-refractivity contribution in [3.63, 3.8) is 0 Å². The molecule has 0 fully saturated rings. The molecule has 0 atom stereocenters. The number of hydrogen-bond donors (Lipinski definition) is 0. The predicted octanol–water partition coefficient (Wildman–Crippen LogP) is 5.51. The molecule has 0 radical (unpaired) electrons. The molecule has 92 valence electrons. The van der Waals surface area contributed by atoms with E-state index in [0.29, 0.717) is 10.8 Å². The molecule has 0 aliphatic rings. The first kappa shape index (κ1) is 13.8. The summed E-state index contributed by atoms with van der Waals surface area (Å²) in [7, 11) is 0. The van der Waals surface area contributed by atoms with Gasteiger partial charge in [0, 0.05) is 15.2 Å². The lowest BCUT2D eigenvalue weighted by molar-refractivity contribution is 0.448. The van der Waals surface area contributed by atoms with Gasteiger partial charge in [-0.2, -0.15) is 0 Å². The van der Waals surface area contributed by atoms with Gasteiger partial charge in [-0.25, -0.2) is 0 Å². The minimum absolute atomic E-state index is 0.339. The zero-order valence-corrected chi connectivity index (χ0v) is 12.5. The summed E-state index contributed by atoms with van der Waals surface area (Å²) in [5.74, 6) is 0. The lowest BCUT2D eigenvalue weighted by Gasteiger charge is -2.26. The predicted molar refractivity (Wildman–Crippen MR) is 75.6 cm³/mol. The summed E-state index contributed by atoms with van der Waals surface area (Å²) in [5.41, 5.74) is 0.720. The van der Waals surface area contributed by atoms with Crippen LogP contribution in [0.2, 0.25) is 0 Å². The Morgan fingerprint density at radius 2 is 1.38 bits per heavy atom. The highest BCUT2D eigenvalue weighted by Crippen LogP contribution is 2.40. The molecule has 0 N–H and O–H groups in total. The van der Waals surface area contributed by atoms with Crippen molar-refractivity contribution in [3.05, 3.63) is 21.9 Å². The molecule has 0 saturated heterocycles. The molecule has 1 aromatic heterocycles. The molecule has 0 unspecified atom stereocenters. The molecular weight excluding hydrogens is 212 g/mol. The van der Waals surface area contributed by atoms with Crippen LogP contribution in [0.1, 0.15) is 70.6 Å². The van der Waals surface area contributed by atoms with Gasteiger partial charge in [0.05, 0.1) is 0 Å². The van der Waals surface area contributed by atoms with Crippen LogP contribution >= 0.6 is 11.3 Å². The topological polar surface area (TPSA) is 0 Å². The summed E-state index contributed by atoms with van der Waals surface area (Å²) in [6, 6.07) is 4.69. The van der Waals surface area contributed by atoms with Crippen molar-refractivity contribution in [2.24, 2.45) is 0 Å². The second-order valence-corrected chi connectivity index (χ2v) is 6.75. The molecule has 0 aromatic carbocycles. The Bertz CT molecular complexity index is 329. The van der Waals surface area contributed by atoms with Crippen LogP contribution in [0.5, 0.6) is 0 Å². The quantitative estimate of drug-likeness (QED) is 0.634. The Hall–Kier alpha value is -0.300. The SMILES string of the molecule is CCC(C)(C)c1ccc(C(C)(CC)CC)s1. The third-order valence-electron chi connectivity index (χ3n) is 4.31. The Labute approximate surface area is 105 Å². The molecule has 16 heavy (non-hydrogen) atoms. The van der Waals surface area contributed by atoms with Crippen molar-refractivity contribution in [2.45, 2.75) is 71.6 Å². The van der Waals surface area contributed by atoms with Crippen molar-refractivity contribution in [1.82, 2.24) is 0 Å². The van der Waals surface area contributed by atoms with Crippen molar-refractivity contribution in [1.29, 1.82) is 0 Å². The van der Waals surface area contributed by atoms with Gasteiger partial charge < -0.3 is 0 Å². The second-order valence-electron chi connectivity index (χ2n) is 5.67. The minimum atomic E-state index is 0.339. The molecule has 1 aromatic rings. The van der Waals surface area contributed by atoms with Gasteiger partial charge in [-0.3, -0.25) is 0 Å². The summed E-state index contributed by atoms with van der Waals surface area (Å²) >= 11 is 2.02. The van der Waals surface area contributed by atoms with Gasteiger partial charge in [0.1, 0.15) is 0 Å². The van der Waals surface area contributed by atoms with Crippen LogP contribution in [-0.4, -0.2) is 0 Å². The highest BCUT2D eigenvalue weighted by atomic mass is 32.1. The Balaban J connectivity index is 3.03. The average molecular weight is 238 g/mol. The zero-order valence-electron chi connectivity index (χ0n) is 11.7. The smallest absolute Gasteiger partial charge is 0.0107 e. The van der Waals surface area contributed by atoms with Gasteiger partial charge in [0.2, 0.25) is 0 Å². The second kappa shape index (κ2) is 4.91. The third-order valence-corrected chi connectivity index (χ3v) is 6.07. The highest BCUT2D eigenvalue weighted by molar-refractivity contribution is 7.12. The lowest BCUT2D eigenvalue weighted by atomic mass is 9.83. The molecule has 0 aliphatic carbocycles. The Morgan fingerprint density at radius 3 is 1.81 bits per heavy atom. The molecule has 0 amide bonds. The monoisotopic (exact) mass is 238 g/mol. The van der Waals surface area contributed by atoms with Crippen molar-refractivity contribution in [2.75, 3.05) is 0 Å². The Kier molecular flexibility index (Phi) is 4.23. The van der Waals surface area contributed by atoms with Crippen LogP contribution < -0.4 is 0 Å². The van der Waals surface area contributed by atoms with Crippen LogP contribution in [-0.2, 0) is 10.8 Å². The molecule has 0 bridgehead atoms. The fourth-order valence-corrected chi connectivity index (χ4v) is 3.26. The fraction of sp³-hybridized carbons (Fsp3) is 0.733. The van der Waals surface area contributed by atoms with Crippen molar-refractivity contribution < 1.29 is 0 Å². The molecule has 1 heterocycles. The molecule has 0 spiro atoms. The minimum Gasteiger partial charge on any atom is -0.144 e. The zero-order chi connectivity index (χ0) is 12.4. The normalized spacial score (nSPS) is 13.1. The standard InChI is InChI=1S/C15H26S/c1-7-14(4,5)12-10-11-13(16-12)15(6,8-2)9-3/h10-11H,7-9H2,1-6H3. The maximum absolute atomic E-state index is 2.39. The number of rotatable bonds is 5. The van der Waals surface area contributed by atoms with E-state index in [4.69, 9.17) is 0 Å². The Morgan fingerprint density at radius 1 is 0.875 bits per heavy atom. The number of thiophene rings is 1. The van der Waals surface area contributed by atoms with Gasteiger partial charge >= 0.3 is 0 Å². The van der Waals surface area contributed by atoms with Crippen LogP contribution in [0.25, 0.3) is 0 Å². The van der Waals surface area contributed by atoms with Gasteiger partial charge in [0.25, 0.3) is 0 Å². The van der Waals surface area contributed by atoms with E-state index in [9.17, 15) is 0 Å². The fourth-order valence-electron chi connectivity index (χ4n) is 1.80. The van der Waals surface area contributed by atoms with Gasteiger partial charge in [-0.1, -0.05) is 41.5 Å². The van der Waals surface area contributed by atoms with E-state index in [0.717, 1.165) is 0 Å². The van der Waals surface area contributed by atoms with E-state index in [2.05, 4.69) is 53.7 Å². The van der Waals surface area contributed by atoms with E-state index in [1.165, 1.54) is 24.1 Å². The highest BCUT2D eigenvalue weighted by Gasteiger charge is 2.27. The van der Waals surface area contributed by atoms with Crippen LogP contribution in [0, 0.1) is 0 Å². The third kappa shape index (κ3) is 2.51. The lowest BCUT2D eigenvalue weighted by Crippen LogP contribution is -2.17. The van der Waals surface area contributed by atoms with Gasteiger partial charge in [0.15, 0.2) is 0 Å². The summed E-state index contributed by atoms with van der Waals surface area (Å²) in [4.78, 5) is 3.10. The average Bonchev–Trinajstić information content (AvgIpc) is 2.78. The first-order valence-corrected chi connectivity index (χ1v) is 7.32. The molecular formula is C15H26S. The maximum Gasteiger partial charge on any atom is 0.0107 e. The van der Waals surface area contributed by atoms with Crippen molar-refractivity contribution >= 4 is 11.3 Å². The van der Waals surface area contributed by atoms with Crippen LogP contribution in [0.15, 0.2) is 12.1 Å². The molecule has 0 aliphatic heterocycles. The van der Waals surface area contributed by atoms with Crippen LogP contribution in [0.3, 0.4) is 0 Å². The summed E-state index contributed by atoms with van der Waals surface area (Å²) in [6.45, 7) is 14.0. The first-order chi connectivity index (χ1) is 7.39. The molecule has 0 saturated carbocycles. The summed E-state index contributed by atoms with van der Waals surface area (Å²) in [6.07, 6.45) is 3.67. The van der Waals surface area contributed by atoms with E-state index in [-0.39, 0.29) is 0 Å². The first-order valence-electron chi connectivity index (χ1n) is 6.50. The molecule has 1 heteroatoms. The molecule has 1 rings (SSSR count). The maximum atomic E-state index is 2.39. The van der Waals surface area contributed by atoms with Gasteiger partial charge in [-0.05, 0) is 36.8 Å². The van der Waals surface area contributed by atoms with Crippen molar-refractivity contribution in [3.8, 4) is 0 Å². The largest absolute Gasteiger partial charge is 0.144 e. The van der Waals surface area contributed by atoms with Gasteiger partial charge in [-0.15, -0.1) is 11.3 Å². The summed E-state index contributed by atoms with van der Waals surface area (Å²) in [5, 5.41) is 0. The van der Waals surface area contributed by atoms with E-state index in [1.54, 1.807) is 4.88 Å². The molecule has 0 nitrogen and oxygen atoms in total. The van der Waals surface area contributed by atoms with E-state index >= 15 is 0 Å². The van der Waals surface area contributed by atoms with E-state index in [1.807, 2.05) is 11.3 Å².